The van der Waals surface area contributed by atoms with Gasteiger partial charge in [0, 0.05) is 0 Å². The molecule has 0 aromatic heterocycles. The van der Waals surface area contributed by atoms with Crippen molar-refractivity contribution in [2.45, 2.75) is 13.3 Å². The number of alkyl halides is 1. The van der Waals surface area contributed by atoms with Crippen LogP contribution >= 0.6 is 11.6 Å². The molecule has 0 fully saturated rings. The Kier molecular flexibility index (Phi) is 6.72. The smallest absolute Gasteiger partial charge is 0.165 e. The molecule has 0 aliphatic carbocycles. The summed E-state index contributed by atoms with van der Waals surface area (Å²) in [4.78, 5) is 0. The summed E-state index contributed by atoms with van der Waals surface area (Å²) in [6.07, 6.45) is 0.770. The second-order valence-corrected chi connectivity index (χ2v) is 6.68. The highest BCUT2D eigenvalue weighted by Crippen LogP contribution is 2.36. The molecule has 4 heteroatoms. The van der Waals surface area contributed by atoms with Crippen molar-refractivity contribution in [2.24, 2.45) is 0 Å². The molecule has 0 heterocycles. The average Bonchev–Trinajstić information content (AvgIpc) is 2.74. The van der Waals surface area contributed by atoms with Gasteiger partial charge in [-0.05, 0) is 58.5 Å². The van der Waals surface area contributed by atoms with E-state index in [9.17, 15) is 9.50 Å². The van der Waals surface area contributed by atoms with E-state index in [2.05, 4.69) is 6.92 Å². The summed E-state index contributed by atoms with van der Waals surface area (Å²) in [6.45, 7) is 2.52. The standard InChI is InChI=1S/C24H22ClFO2/c1-2-21(17-6-4-3-5-7-17)24(19-10-13-23(27)22(26)16-19)18-8-11-20(12-9-18)28-15-14-25/h3-13,16,27H,2,14-15H2,1H3/b24-21-. The number of hydrogen-bond donors (Lipinski definition) is 1. The highest BCUT2D eigenvalue weighted by molar-refractivity contribution is 6.18. The first kappa shape index (κ1) is 20.0. The average molecular weight is 397 g/mol. The van der Waals surface area contributed by atoms with Crippen LogP contribution in [0.5, 0.6) is 11.5 Å². The number of benzene rings is 3. The van der Waals surface area contributed by atoms with Crippen molar-refractivity contribution in [1.82, 2.24) is 0 Å². The SMILES string of the molecule is CC/C(=C(\c1ccc(OCCCl)cc1)c1ccc(O)c(F)c1)c1ccccc1. The van der Waals surface area contributed by atoms with E-state index in [-0.39, 0.29) is 5.75 Å². The van der Waals surface area contributed by atoms with Gasteiger partial charge in [-0.2, -0.15) is 0 Å². The fraction of sp³-hybridized carbons (Fsp3) is 0.167. The van der Waals surface area contributed by atoms with Crippen LogP contribution in [0.1, 0.15) is 30.0 Å². The lowest BCUT2D eigenvalue weighted by atomic mass is 9.88. The molecule has 0 saturated carbocycles. The summed E-state index contributed by atoms with van der Waals surface area (Å²) in [5, 5.41) is 9.61. The fourth-order valence-electron chi connectivity index (χ4n) is 3.22. The first-order valence-corrected chi connectivity index (χ1v) is 9.74. The van der Waals surface area contributed by atoms with E-state index in [1.165, 1.54) is 12.1 Å². The first-order valence-electron chi connectivity index (χ1n) is 9.20. The molecule has 0 amide bonds. The van der Waals surface area contributed by atoms with Gasteiger partial charge in [-0.1, -0.05) is 55.5 Å². The normalized spacial score (nSPS) is 11.8. The minimum absolute atomic E-state index is 0.356. The highest BCUT2D eigenvalue weighted by atomic mass is 35.5. The molecule has 3 aromatic carbocycles. The van der Waals surface area contributed by atoms with Crippen molar-refractivity contribution in [3.63, 3.8) is 0 Å². The molecule has 2 nitrogen and oxygen atoms in total. The van der Waals surface area contributed by atoms with E-state index in [1.54, 1.807) is 6.07 Å². The third-order valence-corrected chi connectivity index (χ3v) is 4.66. The lowest BCUT2D eigenvalue weighted by molar-refractivity contribution is 0.343. The topological polar surface area (TPSA) is 29.5 Å². The van der Waals surface area contributed by atoms with E-state index in [4.69, 9.17) is 16.3 Å². The van der Waals surface area contributed by atoms with Crippen molar-refractivity contribution >= 4 is 22.7 Å². The molecule has 0 spiro atoms. The number of phenols is 1. The molecule has 1 N–H and O–H groups in total. The van der Waals surface area contributed by atoms with Crippen molar-refractivity contribution < 1.29 is 14.2 Å². The number of hydrogen-bond acceptors (Lipinski definition) is 2. The Bertz CT molecular complexity index is 950. The minimum Gasteiger partial charge on any atom is -0.505 e. The minimum atomic E-state index is -0.638. The molecule has 0 aliphatic heterocycles. The van der Waals surface area contributed by atoms with Gasteiger partial charge < -0.3 is 9.84 Å². The Hall–Kier alpha value is -2.78. The van der Waals surface area contributed by atoms with Crippen molar-refractivity contribution in [3.8, 4) is 11.5 Å². The van der Waals surface area contributed by atoms with Crippen LogP contribution in [0.4, 0.5) is 4.39 Å². The lowest BCUT2D eigenvalue weighted by Gasteiger charge is -2.17. The van der Waals surface area contributed by atoms with Crippen LogP contribution in [0, 0.1) is 5.82 Å². The fourth-order valence-corrected chi connectivity index (χ4v) is 3.29. The predicted molar refractivity (Wildman–Crippen MR) is 113 cm³/mol. The van der Waals surface area contributed by atoms with E-state index in [0.29, 0.717) is 18.1 Å². The van der Waals surface area contributed by atoms with Gasteiger partial charge in [0.1, 0.15) is 12.4 Å². The largest absolute Gasteiger partial charge is 0.505 e. The van der Waals surface area contributed by atoms with Crippen molar-refractivity contribution in [2.75, 3.05) is 12.5 Å². The second-order valence-electron chi connectivity index (χ2n) is 6.30. The molecule has 0 atom stereocenters. The first-order chi connectivity index (χ1) is 13.6. The third-order valence-electron chi connectivity index (χ3n) is 4.50. The van der Waals surface area contributed by atoms with Gasteiger partial charge in [0.15, 0.2) is 11.6 Å². The van der Waals surface area contributed by atoms with Crippen LogP contribution < -0.4 is 4.74 Å². The number of allylic oxidation sites excluding steroid dienone is 1. The summed E-state index contributed by atoms with van der Waals surface area (Å²) in [5.74, 6) is 0.165. The lowest BCUT2D eigenvalue weighted by Crippen LogP contribution is -1.99. The summed E-state index contributed by atoms with van der Waals surface area (Å²) in [5.41, 5.74) is 4.77. The summed E-state index contributed by atoms with van der Waals surface area (Å²) < 4.78 is 19.7. The Morgan fingerprint density at radius 3 is 2.21 bits per heavy atom. The molecule has 0 radical (unpaired) electrons. The quantitative estimate of drug-likeness (QED) is 0.364. The van der Waals surface area contributed by atoms with Crippen LogP contribution in [-0.4, -0.2) is 17.6 Å². The highest BCUT2D eigenvalue weighted by Gasteiger charge is 2.15. The summed E-state index contributed by atoms with van der Waals surface area (Å²) >= 11 is 5.68. The van der Waals surface area contributed by atoms with Gasteiger partial charge in [0.05, 0.1) is 5.88 Å². The van der Waals surface area contributed by atoms with E-state index >= 15 is 0 Å². The van der Waals surface area contributed by atoms with Gasteiger partial charge in [0.25, 0.3) is 0 Å². The molecule has 0 bridgehead atoms. The van der Waals surface area contributed by atoms with Gasteiger partial charge in [-0.25, -0.2) is 4.39 Å². The number of rotatable bonds is 7. The number of phenolic OH excluding ortho intramolecular Hbond substituents is 1. The molecule has 3 aromatic rings. The Morgan fingerprint density at radius 2 is 1.61 bits per heavy atom. The zero-order valence-electron chi connectivity index (χ0n) is 15.7. The number of ether oxygens (including phenoxy) is 1. The van der Waals surface area contributed by atoms with E-state index in [1.807, 2.05) is 54.6 Å². The maximum Gasteiger partial charge on any atom is 0.165 e. The Morgan fingerprint density at radius 1 is 0.929 bits per heavy atom. The van der Waals surface area contributed by atoms with Crippen LogP contribution in [0.15, 0.2) is 72.8 Å². The third kappa shape index (κ3) is 4.55. The van der Waals surface area contributed by atoms with Gasteiger partial charge in [-0.3, -0.25) is 0 Å². The Labute approximate surface area is 169 Å². The maximum absolute atomic E-state index is 14.1. The van der Waals surface area contributed by atoms with Crippen LogP contribution in [0.3, 0.4) is 0 Å². The molecule has 144 valence electrons. The molecule has 0 unspecified atom stereocenters. The van der Waals surface area contributed by atoms with E-state index < -0.39 is 5.82 Å². The van der Waals surface area contributed by atoms with Gasteiger partial charge >= 0.3 is 0 Å². The predicted octanol–water partition coefficient (Wildman–Crippen LogP) is 6.52. The van der Waals surface area contributed by atoms with Crippen molar-refractivity contribution in [3.05, 3.63) is 95.3 Å². The summed E-state index contributed by atoms with van der Waals surface area (Å²) in [7, 11) is 0. The molecule has 28 heavy (non-hydrogen) atoms. The van der Waals surface area contributed by atoms with Crippen LogP contribution in [0.2, 0.25) is 0 Å². The van der Waals surface area contributed by atoms with Gasteiger partial charge in [0.2, 0.25) is 0 Å². The molecule has 0 saturated heterocycles. The van der Waals surface area contributed by atoms with Crippen molar-refractivity contribution in [1.29, 1.82) is 0 Å². The monoisotopic (exact) mass is 396 g/mol. The molecule has 3 rings (SSSR count). The zero-order valence-corrected chi connectivity index (χ0v) is 16.4. The molecule has 0 aliphatic rings. The van der Waals surface area contributed by atoms with Gasteiger partial charge in [-0.15, -0.1) is 11.6 Å². The number of halogens is 2. The molecular formula is C24H22ClFO2. The molecular weight excluding hydrogens is 375 g/mol. The second kappa shape index (κ2) is 9.43. The Balaban J connectivity index is 2.16. The summed E-state index contributed by atoms with van der Waals surface area (Å²) in [6, 6.07) is 22.2. The number of aromatic hydroxyl groups is 1. The zero-order chi connectivity index (χ0) is 19.9. The van der Waals surface area contributed by atoms with Crippen LogP contribution in [0.25, 0.3) is 11.1 Å². The van der Waals surface area contributed by atoms with Crippen LogP contribution in [-0.2, 0) is 0 Å². The maximum atomic E-state index is 14.1. The van der Waals surface area contributed by atoms with E-state index in [0.717, 1.165) is 34.4 Å².